The van der Waals surface area contributed by atoms with Crippen molar-refractivity contribution in [1.29, 1.82) is 0 Å². The van der Waals surface area contributed by atoms with Crippen molar-refractivity contribution in [3.8, 4) is 22.5 Å². The average Bonchev–Trinajstić information content (AvgIpc) is 2.95. The summed E-state index contributed by atoms with van der Waals surface area (Å²) >= 11 is 1.63. The van der Waals surface area contributed by atoms with Crippen LogP contribution in [0.15, 0.2) is 47.8 Å². The molecule has 3 rings (SSSR count). The molecule has 0 aliphatic rings. The van der Waals surface area contributed by atoms with Gasteiger partial charge < -0.3 is 5.32 Å². The van der Waals surface area contributed by atoms with Gasteiger partial charge >= 0.3 is 0 Å². The second-order valence-corrected chi connectivity index (χ2v) is 6.39. The van der Waals surface area contributed by atoms with Crippen LogP contribution >= 0.6 is 11.3 Å². The Bertz CT molecular complexity index is 763. The second kappa shape index (κ2) is 6.28. The Kier molecular flexibility index (Phi) is 4.20. The first-order chi connectivity index (χ1) is 10.6. The van der Waals surface area contributed by atoms with E-state index < -0.39 is 0 Å². The lowest BCUT2D eigenvalue weighted by Gasteiger charge is -2.07. The third-order valence-electron chi connectivity index (χ3n) is 3.35. The van der Waals surface area contributed by atoms with E-state index in [2.05, 4.69) is 53.8 Å². The van der Waals surface area contributed by atoms with Gasteiger partial charge in [0, 0.05) is 28.2 Å². The highest BCUT2D eigenvalue weighted by molar-refractivity contribution is 7.14. The normalized spacial score (nSPS) is 10.9. The van der Waals surface area contributed by atoms with Crippen molar-refractivity contribution in [2.24, 2.45) is 0 Å². The summed E-state index contributed by atoms with van der Waals surface area (Å²) in [7, 11) is 0. The molecule has 2 aromatic heterocycles. The number of thiazole rings is 1. The summed E-state index contributed by atoms with van der Waals surface area (Å²) in [5, 5.41) is 6.37. The van der Waals surface area contributed by atoms with Gasteiger partial charge in [-0.15, -0.1) is 11.3 Å². The smallest absolute Gasteiger partial charge is 0.183 e. The molecule has 0 saturated carbocycles. The average molecular weight is 309 g/mol. The van der Waals surface area contributed by atoms with Crippen molar-refractivity contribution in [3.63, 3.8) is 0 Å². The van der Waals surface area contributed by atoms with Crippen LogP contribution in [0.4, 0.5) is 5.13 Å². The quantitative estimate of drug-likeness (QED) is 0.737. The first-order valence-electron chi connectivity index (χ1n) is 7.39. The second-order valence-electron chi connectivity index (χ2n) is 5.53. The maximum Gasteiger partial charge on any atom is 0.183 e. The van der Waals surface area contributed by atoms with E-state index in [-0.39, 0.29) is 0 Å². The van der Waals surface area contributed by atoms with Gasteiger partial charge in [0.25, 0.3) is 0 Å². The third kappa shape index (κ3) is 3.17. The number of pyridine rings is 1. The van der Waals surface area contributed by atoms with Crippen LogP contribution in [0.5, 0.6) is 0 Å². The third-order valence-corrected chi connectivity index (χ3v) is 4.12. The Hall–Kier alpha value is -2.20. The van der Waals surface area contributed by atoms with Crippen molar-refractivity contribution < 1.29 is 0 Å². The monoisotopic (exact) mass is 309 g/mol. The van der Waals surface area contributed by atoms with E-state index in [1.54, 1.807) is 11.3 Å². The minimum absolute atomic E-state index is 0.388. The van der Waals surface area contributed by atoms with E-state index in [1.807, 2.05) is 25.1 Å². The van der Waals surface area contributed by atoms with E-state index in [4.69, 9.17) is 4.98 Å². The summed E-state index contributed by atoms with van der Waals surface area (Å²) in [6, 6.07) is 14.8. The molecule has 22 heavy (non-hydrogen) atoms. The lowest BCUT2D eigenvalue weighted by atomic mass is 10.1. The minimum Gasteiger partial charge on any atom is -0.359 e. The molecule has 112 valence electrons. The van der Waals surface area contributed by atoms with Crippen LogP contribution in [0.2, 0.25) is 0 Å². The molecule has 0 radical (unpaired) electrons. The fourth-order valence-corrected chi connectivity index (χ4v) is 3.17. The van der Waals surface area contributed by atoms with Crippen LogP contribution in [-0.2, 0) is 0 Å². The predicted octanol–water partition coefficient (Wildman–Crippen LogP) is 5.00. The van der Waals surface area contributed by atoms with Crippen LogP contribution in [0.3, 0.4) is 0 Å². The zero-order chi connectivity index (χ0) is 15.5. The predicted molar refractivity (Wildman–Crippen MR) is 94.3 cm³/mol. The van der Waals surface area contributed by atoms with Gasteiger partial charge in [0.05, 0.1) is 11.4 Å². The molecular formula is C18H19N3S. The van der Waals surface area contributed by atoms with E-state index in [1.165, 1.54) is 0 Å². The maximum atomic E-state index is 4.73. The van der Waals surface area contributed by atoms with Crippen LogP contribution in [0.25, 0.3) is 22.5 Å². The highest BCUT2D eigenvalue weighted by Gasteiger charge is 2.10. The van der Waals surface area contributed by atoms with Crippen molar-refractivity contribution in [3.05, 3.63) is 53.5 Å². The molecule has 1 aromatic carbocycles. The van der Waals surface area contributed by atoms with Crippen molar-refractivity contribution in [1.82, 2.24) is 9.97 Å². The lowest BCUT2D eigenvalue weighted by Crippen LogP contribution is -2.09. The number of nitrogens with one attached hydrogen (secondary N) is 1. The van der Waals surface area contributed by atoms with Gasteiger partial charge in [-0.05, 0) is 32.9 Å². The van der Waals surface area contributed by atoms with E-state index in [9.17, 15) is 0 Å². The van der Waals surface area contributed by atoms with Crippen LogP contribution in [0.1, 0.15) is 19.5 Å². The fraction of sp³-hybridized carbons (Fsp3) is 0.222. The summed E-state index contributed by atoms with van der Waals surface area (Å²) in [4.78, 5) is 9.39. The number of aromatic nitrogens is 2. The number of anilines is 1. The van der Waals surface area contributed by atoms with Gasteiger partial charge in [0.1, 0.15) is 0 Å². The summed E-state index contributed by atoms with van der Waals surface area (Å²) in [5.74, 6) is 0. The van der Waals surface area contributed by atoms with Crippen LogP contribution in [0, 0.1) is 6.92 Å². The molecule has 0 spiro atoms. The molecule has 0 amide bonds. The van der Waals surface area contributed by atoms with Gasteiger partial charge in [0.15, 0.2) is 5.13 Å². The molecule has 3 nitrogen and oxygen atoms in total. The van der Waals surface area contributed by atoms with Crippen LogP contribution in [-0.4, -0.2) is 16.0 Å². The van der Waals surface area contributed by atoms with Crippen molar-refractivity contribution >= 4 is 16.5 Å². The Morgan fingerprint density at radius 2 is 1.73 bits per heavy atom. The van der Waals surface area contributed by atoms with Crippen LogP contribution < -0.4 is 5.32 Å². The molecule has 2 heterocycles. The summed E-state index contributed by atoms with van der Waals surface area (Å²) in [6.45, 7) is 6.27. The Balaban J connectivity index is 1.91. The highest BCUT2D eigenvalue weighted by Crippen LogP contribution is 2.29. The maximum absolute atomic E-state index is 4.73. The van der Waals surface area contributed by atoms with E-state index in [0.29, 0.717) is 6.04 Å². The molecule has 0 saturated heterocycles. The number of hydrogen-bond donors (Lipinski definition) is 1. The molecule has 4 heteroatoms. The molecule has 0 aliphatic carbocycles. The Labute approximate surface area is 135 Å². The van der Waals surface area contributed by atoms with E-state index in [0.717, 1.165) is 33.3 Å². The molecular weight excluding hydrogens is 290 g/mol. The van der Waals surface area contributed by atoms with Gasteiger partial charge in [-0.25, -0.2) is 4.98 Å². The summed E-state index contributed by atoms with van der Waals surface area (Å²) < 4.78 is 0. The SMILES string of the molecule is Cc1nc(-c2ccccc2)ccc1-c1csc(NC(C)C)n1. The van der Waals surface area contributed by atoms with Crippen molar-refractivity contribution in [2.75, 3.05) is 5.32 Å². The number of benzene rings is 1. The largest absolute Gasteiger partial charge is 0.359 e. The Morgan fingerprint density at radius 3 is 2.41 bits per heavy atom. The van der Waals surface area contributed by atoms with Gasteiger partial charge in [-0.3, -0.25) is 4.98 Å². The highest BCUT2D eigenvalue weighted by atomic mass is 32.1. The first kappa shape index (κ1) is 14.7. The standard InChI is InChI=1S/C18H19N3S/c1-12(2)19-18-21-17(11-22-18)15-9-10-16(20-13(15)3)14-7-5-4-6-8-14/h4-12H,1-3H3,(H,19,21). The minimum atomic E-state index is 0.388. The molecule has 3 aromatic rings. The molecule has 0 unspecified atom stereocenters. The van der Waals surface area contributed by atoms with E-state index >= 15 is 0 Å². The molecule has 0 fully saturated rings. The molecule has 1 N–H and O–H groups in total. The van der Waals surface area contributed by atoms with Crippen molar-refractivity contribution in [2.45, 2.75) is 26.8 Å². The molecule has 0 bridgehead atoms. The molecule has 0 atom stereocenters. The first-order valence-corrected chi connectivity index (χ1v) is 8.27. The summed E-state index contributed by atoms with van der Waals surface area (Å²) in [6.07, 6.45) is 0. The zero-order valence-electron chi connectivity index (χ0n) is 13.0. The number of hydrogen-bond acceptors (Lipinski definition) is 4. The molecule has 0 aliphatic heterocycles. The Morgan fingerprint density at radius 1 is 0.955 bits per heavy atom. The van der Waals surface area contributed by atoms with Gasteiger partial charge in [-0.1, -0.05) is 30.3 Å². The fourth-order valence-electron chi connectivity index (χ4n) is 2.31. The van der Waals surface area contributed by atoms with Gasteiger partial charge in [0.2, 0.25) is 0 Å². The number of nitrogens with zero attached hydrogens (tertiary/aromatic N) is 2. The lowest BCUT2D eigenvalue weighted by molar-refractivity contribution is 0.896. The summed E-state index contributed by atoms with van der Waals surface area (Å²) in [5.41, 5.74) is 5.21. The topological polar surface area (TPSA) is 37.8 Å². The number of rotatable bonds is 4. The zero-order valence-corrected chi connectivity index (χ0v) is 13.8. The number of aryl methyl sites for hydroxylation is 1. The van der Waals surface area contributed by atoms with Gasteiger partial charge in [-0.2, -0.15) is 0 Å².